The molecule has 2 rings (SSSR count). The average molecular weight is 193 g/mol. The first-order valence-corrected chi connectivity index (χ1v) is 4.64. The van der Waals surface area contributed by atoms with E-state index in [1.807, 2.05) is 24.3 Å². The minimum Gasteiger partial charge on any atom is -0.462 e. The molecular weight excluding hydrogens is 186 g/mol. The quantitative estimate of drug-likeness (QED) is 0.698. The highest BCUT2D eigenvalue weighted by molar-refractivity contribution is 7.20. The highest BCUT2D eigenvalue weighted by Crippen LogP contribution is 2.26. The van der Waals surface area contributed by atoms with Gasteiger partial charge in [0.1, 0.15) is 6.61 Å². The van der Waals surface area contributed by atoms with E-state index in [9.17, 15) is 4.79 Å². The molecule has 0 fully saturated rings. The Bertz CT molecular complexity index is 391. The number of carbonyl (C=O) groups excluding carboxylic acids is 1. The van der Waals surface area contributed by atoms with Crippen molar-refractivity contribution in [1.82, 2.24) is 4.98 Å². The predicted octanol–water partition coefficient (Wildman–Crippen LogP) is 1.87. The zero-order valence-electron chi connectivity index (χ0n) is 6.77. The van der Waals surface area contributed by atoms with Gasteiger partial charge in [0.2, 0.25) is 0 Å². The lowest BCUT2D eigenvalue weighted by atomic mass is 10.3. The Kier molecular flexibility index (Phi) is 2.23. The third-order valence-corrected chi connectivity index (χ3v) is 2.50. The molecule has 0 aliphatic rings. The van der Waals surface area contributed by atoms with Crippen LogP contribution in [-0.2, 0) is 4.79 Å². The smallest absolute Gasteiger partial charge is 0.274 e. The van der Waals surface area contributed by atoms with E-state index in [0.717, 1.165) is 10.2 Å². The molecule has 4 heteroatoms. The molecule has 1 aromatic heterocycles. The molecule has 3 nitrogen and oxygen atoms in total. The first kappa shape index (κ1) is 8.19. The van der Waals surface area contributed by atoms with Gasteiger partial charge in [-0.15, -0.1) is 0 Å². The number of carbonyl (C=O) groups is 1. The van der Waals surface area contributed by atoms with Gasteiger partial charge in [0.25, 0.3) is 5.19 Å². The van der Waals surface area contributed by atoms with E-state index in [4.69, 9.17) is 4.74 Å². The molecule has 1 heterocycles. The number of hydrogen-bond donors (Lipinski definition) is 0. The van der Waals surface area contributed by atoms with E-state index in [1.165, 1.54) is 11.3 Å². The molecule has 0 N–H and O–H groups in total. The number of ether oxygens (including phenoxy) is 1. The molecule has 0 aliphatic heterocycles. The summed E-state index contributed by atoms with van der Waals surface area (Å²) in [7, 11) is 0. The summed E-state index contributed by atoms with van der Waals surface area (Å²) in [6.45, 7) is 0.0693. The van der Waals surface area contributed by atoms with Gasteiger partial charge < -0.3 is 4.74 Å². The standard InChI is InChI=1S/C9H7NO2S/c11-5-6-12-9-10-7-3-1-2-4-8(7)13-9/h1-5H,6H2. The molecule has 0 amide bonds. The number of para-hydroxylation sites is 1. The van der Waals surface area contributed by atoms with Crippen molar-refractivity contribution in [2.75, 3.05) is 6.61 Å². The number of fused-ring (bicyclic) bond motifs is 1. The molecule has 0 radical (unpaired) electrons. The van der Waals surface area contributed by atoms with Crippen molar-refractivity contribution in [3.05, 3.63) is 24.3 Å². The normalized spacial score (nSPS) is 10.2. The van der Waals surface area contributed by atoms with Crippen LogP contribution in [0, 0.1) is 0 Å². The maximum absolute atomic E-state index is 10.0. The zero-order chi connectivity index (χ0) is 9.10. The molecule has 66 valence electrons. The SMILES string of the molecule is O=CCOc1nc2ccccc2s1. The number of hydrogen-bond acceptors (Lipinski definition) is 4. The predicted molar refractivity (Wildman–Crippen MR) is 51.2 cm³/mol. The average Bonchev–Trinajstić information content (AvgIpc) is 2.57. The number of benzene rings is 1. The van der Waals surface area contributed by atoms with Crippen molar-refractivity contribution in [2.24, 2.45) is 0 Å². The monoisotopic (exact) mass is 193 g/mol. The fraction of sp³-hybridized carbons (Fsp3) is 0.111. The Balaban J connectivity index is 2.32. The first-order chi connectivity index (χ1) is 6.40. The maximum Gasteiger partial charge on any atom is 0.274 e. The highest BCUT2D eigenvalue weighted by atomic mass is 32.1. The molecule has 2 aromatic rings. The lowest BCUT2D eigenvalue weighted by Crippen LogP contribution is -1.96. The Labute approximate surface area is 79.0 Å². The van der Waals surface area contributed by atoms with Crippen molar-refractivity contribution in [2.45, 2.75) is 0 Å². The number of rotatable bonds is 3. The summed E-state index contributed by atoms with van der Waals surface area (Å²) in [5.41, 5.74) is 0.911. The van der Waals surface area contributed by atoms with E-state index in [2.05, 4.69) is 4.98 Å². The van der Waals surface area contributed by atoms with E-state index in [-0.39, 0.29) is 6.61 Å². The molecule has 0 spiro atoms. The molecule has 0 saturated carbocycles. The molecule has 13 heavy (non-hydrogen) atoms. The fourth-order valence-corrected chi connectivity index (χ4v) is 1.84. The minimum absolute atomic E-state index is 0.0693. The number of thiazole rings is 1. The minimum atomic E-state index is 0.0693. The van der Waals surface area contributed by atoms with Crippen LogP contribution in [0.15, 0.2) is 24.3 Å². The van der Waals surface area contributed by atoms with Gasteiger partial charge in [-0.1, -0.05) is 23.5 Å². The van der Waals surface area contributed by atoms with Crippen molar-refractivity contribution in [3.8, 4) is 5.19 Å². The Hall–Kier alpha value is -1.42. The summed E-state index contributed by atoms with van der Waals surface area (Å²) in [5, 5.41) is 0.549. The van der Waals surface area contributed by atoms with Gasteiger partial charge in [-0.25, -0.2) is 4.98 Å². The van der Waals surface area contributed by atoms with Crippen molar-refractivity contribution in [1.29, 1.82) is 0 Å². The number of nitrogens with zero attached hydrogens (tertiary/aromatic N) is 1. The number of aldehydes is 1. The topological polar surface area (TPSA) is 39.2 Å². The lowest BCUT2D eigenvalue weighted by molar-refractivity contribution is -0.109. The van der Waals surface area contributed by atoms with Crippen LogP contribution in [0.3, 0.4) is 0 Å². The molecule has 1 aromatic carbocycles. The summed E-state index contributed by atoms with van der Waals surface area (Å²) >= 11 is 1.44. The Morgan fingerprint density at radius 2 is 2.31 bits per heavy atom. The van der Waals surface area contributed by atoms with Crippen LogP contribution in [0.4, 0.5) is 0 Å². The van der Waals surface area contributed by atoms with Gasteiger partial charge >= 0.3 is 0 Å². The summed E-state index contributed by atoms with van der Waals surface area (Å²) in [6, 6.07) is 7.76. The summed E-state index contributed by atoms with van der Waals surface area (Å²) in [5.74, 6) is 0. The highest BCUT2D eigenvalue weighted by Gasteiger charge is 2.02. The molecule has 0 aliphatic carbocycles. The first-order valence-electron chi connectivity index (χ1n) is 3.82. The van der Waals surface area contributed by atoms with Gasteiger partial charge in [-0.2, -0.15) is 0 Å². The third-order valence-electron chi connectivity index (χ3n) is 1.55. The van der Waals surface area contributed by atoms with Crippen molar-refractivity contribution >= 4 is 27.8 Å². The molecular formula is C9H7NO2S. The summed E-state index contributed by atoms with van der Waals surface area (Å²) < 4.78 is 6.15. The van der Waals surface area contributed by atoms with Gasteiger partial charge in [0.05, 0.1) is 10.2 Å². The third kappa shape index (κ3) is 1.67. The second kappa shape index (κ2) is 3.53. The van der Waals surface area contributed by atoms with Crippen LogP contribution in [0.2, 0.25) is 0 Å². The van der Waals surface area contributed by atoms with Gasteiger partial charge in [0, 0.05) is 0 Å². The van der Waals surface area contributed by atoms with Crippen LogP contribution in [0.25, 0.3) is 10.2 Å². The van der Waals surface area contributed by atoms with Crippen LogP contribution in [0.1, 0.15) is 0 Å². The summed E-state index contributed by atoms with van der Waals surface area (Å²) in [6.07, 6.45) is 0.714. The lowest BCUT2D eigenvalue weighted by Gasteiger charge is -1.91. The van der Waals surface area contributed by atoms with E-state index >= 15 is 0 Å². The molecule has 0 bridgehead atoms. The van der Waals surface area contributed by atoms with Crippen LogP contribution in [0.5, 0.6) is 5.19 Å². The molecule has 0 atom stereocenters. The van der Waals surface area contributed by atoms with Crippen LogP contribution < -0.4 is 4.74 Å². The van der Waals surface area contributed by atoms with E-state index in [0.29, 0.717) is 11.5 Å². The number of aromatic nitrogens is 1. The molecule has 0 unspecified atom stereocenters. The summed E-state index contributed by atoms with van der Waals surface area (Å²) in [4.78, 5) is 14.2. The molecule has 0 saturated heterocycles. The largest absolute Gasteiger partial charge is 0.462 e. The van der Waals surface area contributed by atoms with Gasteiger partial charge in [-0.05, 0) is 12.1 Å². The van der Waals surface area contributed by atoms with Gasteiger partial charge in [-0.3, -0.25) is 4.79 Å². The van der Waals surface area contributed by atoms with Crippen LogP contribution >= 0.6 is 11.3 Å². The van der Waals surface area contributed by atoms with E-state index in [1.54, 1.807) is 0 Å². The maximum atomic E-state index is 10.0. The fourth-order valence-electron chi connectivity index (χ4n) is 1.02. The second-order valence-corrected chi connectivity index (χ2v) is 3.42. The zero-order valence-corrected chi connectivity index (χ0v) is 7.58. The Morgan fingerprint density at radius 3 is 3.08 bits per heavy atom. The van der Waals surface area contributed by atoms with E-state index < -0.39 is 0 Å². The van der Waals surface area contributed by atoms with Crippen molar-refractivity contribution < 1.29 is 9.53 Å². The van der Waals surface area contributed by atoms with Crippen LogP contribution in [-0.4, -0.2) is 17.9 Å². The van der Waals surface area contributed by atoms with Crippen molar-refractivity contribution in [3.63, 3.8) is 0 Å². The Morgan fingerprint density at radius 1 is 1.46 bits per heavy atom. The van der Waals surface area contributed by atoms with Gasteiger partial charge in [0.15, 0.2) is 6.29 Å². The second-order valence-electron chi connectivity index (χ2n) is 2.43.